The summed E-state index contributed by atoms with van der Waals surface area (Å²) in [6.45, 7) is 10.7. The van der Waals surface area contributed by atoms with Gasteiger partial charge in [0.1, 0.15) is 0 Å². The van der Waals surface area contributed by atoms with Gasteiger partial charge in [-0.15, -0.1) is 6.42 Å². The quantitative estimate of drug-likeness (QED) is 0.236. The number of carbonyl (C=O) groups is 1. The number of esters is 1. The van der Waals surface area contributed by atoms with Crippen LogP contribution in [0.2, 0.25) is 0 Å². The number of halogens is 1. The molecular formula is C19H22BrNO4. The summed E-state index contributed by atoms with van der Waals surface area (Å²) in [4.78, 5) is 30.0. The second-order valence-corrected chi connectivity index (χ2v) is 5.65. The lowest BCUT2D eigenvalue weighted by molar-refractivity contribution is -0.191. The summed E-state index contributed by atoms with van der Waals surface area (Å²) in [6, 6.07) is 0. The molecule has 0 aromatic heterocycles. The number of terminal acetylenes is 1. The average Bonchev–Trinajstić information content (AvgIpc) is 2.61. The molecular weight excluding hydrogens is 386 g/mol. The lowest BCUT2D eigenvalue weighted by Gasteiger charge is -2.21. The van der Waals surface area contributed by atoms with E-state index < -0.39 is 5.54 Å². The minimum Gasteiger partial charge on any atom is -0.453 e. The third-order valence-corrected chi connectivity index (χ3v) is 3.50. The van der Waals surface area contributed by atoms with Crippen LogP contribution in [0.15, 0.2) is 11.6 Å². The van der Waals surface area contributed by atoms with Crippen molar-refractivity contribution in [1.29, 1.82) is 0 Å². The topological polar surface area (TPSA) is 64.8 Å². The number of ether oxygens (including phenoxy) is 1. The molecule has 134 valence electrons. The van der Waals surface area contributed by atoms with Gasteiger partial charge in [-0.3, -0.25) is 4.79 Å². The molecule has 0 heterocycles. The standard InChI is InChI=1S/C12H15N.C6H7BrO2.CO2/c1-4-10-12(2,13-3)11-8-6-5-7-9-11;1-6(8)9-5-3-2-4-7;2-1-3/h1,8H,5-7,9-10H2,2H3;4-5H2,1H3;. The van der Waals surface area contributed by atoms with Crippen molar-refractivity contribution in [2.75, 3.05) is 11.9 Å². The van der Waals surface area contributed by atoms with Crippen LogP contribution in [0.4, 0.5) is 0 Å². The summed E-state index contributed by atoms with van der Waals surface area (Å²) in [7, 11) is 0. The Labute approximate surface area is 158 Å². The summed E-state index contributed by atoms with van der Waals surface area (Å²) in [5, 5.41) is 0.619. The van der Waals surface area contributed by atoms with Crippen molar-refractivity contribution in [3.8, 4) is 24.2 Å². The minimum absolute atomic E-state index is 0.195. The Morgan fingerprint density at radius 2 is 2.08 bits per heavy atom. The van der Waals surface area contributed by atoms with E-state index in [1.165, 1.54) is 25.3 Å². The summed E-state index contributed by atoms with van der Waals surface area (Å²) in [5.41, 5.74) is 0.835. The molecule has 0 radical (unpaired) electrons. The van der Waals surface area contributed by atoms with Crippen molar-refractivity contribution in [1.82, 2.24) is 0 Å². The van der Waals surface area contributed by atoms with Crippen LogP contribution in [0.3, 0.4) is 0 Å². The third-order valence-electron chi connectivity index (χ3n) is 3.22. The Kier molecular flexibility index (Phi) is 16.5. The summed E-state index contributed by atoms with van der Waals surface area (Å²) < 4.78 is 4.51. The van der Waals surface area contributed by atoms with Gasteiger partial charge < -0.3 is 9.58 Å². The maximum atomic E-state index is 10.1. The highest BCUT2D eigenvalue weighted by Crippen LogP contribution is 2.32. The second-order valence-electron chi connectivity index (χ2n) is 5.09. The highest BCUT2D eigenvalue weighted by atomic mass is 79.9. The van der Waals surface area contributed by atoms with Crippen LogP contribution in [0.25, 0.3) is 4.85 Å². The van der Waals surface area contributed by atoms with E-state index in [0.717, 1.165) is 12.8 Å². The fraction of sp³-hybridized carbons (Fsp3) is 0.526. The number of hydrogen-bond acceptors (Lipinski definition) is 4. The van der Waals surface area contributed by atoms with Crippen LogP contribution in [0, 0.1) is 30.8 Å². The van der Waals surface area contributed by atoms with E-state index in [4.69, 9.17) is 22.6 Å². The smallest absolute Gasteiger partial charge is 0.373 e. The molecule has 0 bridgehead atoms. The Morgan fingerprint density at radius 3 is 2.48 bits per heavy atom. The van der Waals surface area contributed by atoms with Crippen molar-refractivity contribution in [2.24, 2.45) is 0 Å². The summed E-state index contributed by atoms with van der Waals surface area (Å²) in [6.07, 6.45) is 12.9. The lowest BCUT2D eigenvalue weighted by atomic mass is 9.83. The van der Waals surface area contributed by atoms with Gasteiger partial charge in [0.2, 0.25) is 0 Å². The van der Waals surface area contributed by atoms with E-state index in [9.17, 15) is 4.79 Å². The Balaban J connectivity index is 0. The fourth-order valence-electron chi connectivity index (χ4n) is 1.99. The first kappa shape index (κ1) is 24.9. The normalized spacial score (nSPS) is 13.7. The summed E-state index contributed by atoms with van der Waals surface area (Å²) in [5.74, 6) is 7.63. The molecule has 6 heteroatoms. The van der Waals surface area contributed by atoms with Gasteiger partial charge in [0.05, 0.1) is 11.8 Å². The van der Waals surface area contributed by atoms with Gasteiger partial charge in [-0.05, 0) is 25.7 Å². The van der Waals surface area contributed by atoms with Gasteiger partial charge in [-0.1, -0.05) is 39.8 Å². The monoisotopic (exact) mass is 407 g/mol. The Morgan fingerprint density at radius 1 is 1.44 bits per heavy atom. The molecule has 0 saturated carbocycles. The minimum atomic E-state index is -0.421. The number of allylic oxidation sites excluding steroid dienone is 1. The molecule has 1 aliphatic rings. The molecule has 25 heavy (non-hydrogen) atoms. The molecule has 1 atom stereocenters. The molecule has 1 aliphatic carbocycles. The van der Waals surface area contributed by atoms with Crippen molar-refractivity contribution in [2.45, 2.75) is 51.5 Å². The first-order chi connectivity index (χ1) is 11.9. The lowest BCUT2D eigenvalue weighted by Crippen LogP contribution is -2.23. The van der Waals surface area contributed by atoms with E-state index in [0.29, 0.717) is 11.8 Å². The SMILES string of the molecule is CC(=O)OCC#CCBr.O=C=O.[C-]#[N+]C(C)(CC#C)C1=CCCCC1. The first-order valence-electron chi connectivity index (χ1n) is 7.57. The van der Waals surface area contributed by atoms with Gasteiger partial charge in [0.25, 0.3) is 5.54 Å². The second kappa shape index (κ2) is 16.5. The van der Waals surface area contributed by atoms with Crippen LogP contribution in [0.5, 0.6) is 0 Å². The van der Waals surface area contributed by atoms with Gasteiger partial charge in [-0.25, -0.2) is 6.57 Å². The van der Waals surface area contributed by atoms with Gasteiger partial charge in [0, 0.05) is 19.4 Å². The van der Waals surface area contributed by atoms with Crippen LogP contribution in [0.1, 0.15) is 46.0 Å². The van der Waals surface area contributed by atoms with Gasteiger partial charge in [-0.2, -0.15) is 9.59 Å². The van der Waals surface area contributed by atoms with Crippen LogP contribution in [-0.2, 0) is 19.1 Å². The largest absolute Gasteiger partial charge is 0.453 e. The van der Waals surface area contributed by atoms with Gasteiger partial charge >= 0.3 is 12.1 Å². The van der Waals surface area contributed by atoms with Crippen molar-refractivity contribution >= 4 is 28.1 Å². The zero-order chi connectivity index (χ0) is 19.6. The molecule has 5 nitrogen and oxygen atoms in total. The molecule has 0 aromatic rings. The molecule has 0 aliphatic heterocycles. The molecule has 1 unspecified atom stereocenters. The zero-order valence-electron chi connectivity index (χ0n) is 14.6. The number of rotatable bonds is 3. The number of nitrogens with zero attached hydrogens (tertiary/aromatic N) is 1. The van der Waals surface area contributed by atoms with E-state index in [1.54, 1.807) is 0 Å². The highest BCUT2D eigenvalue weighted by Gasteiger charge is 2.34. The molecule has 0 amide bonds. The average molecular weight is 408 g/mol. The number of hydrogen-bond donors (Lipinski definition) is 0. The van der Waals surface area contributed by atoms with Crippen LogP contribution in [-0.4, -0.2) is 29.6 Å². The fourth-order valence-corrected chi connectivity index (χ4v) is 2.19. The van der Waals surface area contributed by atoms with E-state index >= 15 is 0 Å². The molecule has 0 saturated heterocycles. The highest BCUT2D eigenvalue weighted by molar-refractivity contribution is 9.09. The number of carbonyl (C=O) groups excluding carboxylic acids is 3. The maximum Gasteiger partial charge on any atom is 0.373 e. The maximum absolute atomic E-state index is 10.1. The summed E-state index contributed by atoms with van der Waals surface area (Å²) >= 11 is 3.10. The Bertz CT molecular complexity index is 610. The predicted molar refractivity (Wildman–Crippen MR) is 98.2 cm³/mol. The van der Waals surface area contributed by atoms with E-state index in [1.807, 2.05) is 6.92 Å². The first-order valence-corrected chi connectivity index (χ1v) is 8.69. The third kappa shape index (κ3) is 13.8. The van der Waals surface area contributed by atoms with Crippen molar-refractivity contribution in [3.63, 3.8) is 0 Å². The molecule has 1 rings (SSSR count). The Hall–Kier alpha value is -2.32. The van der Waals surface area contributed by atoms with E-state index in [-0.39, 0.29) is 18.7 Å². The predicted octanol–water partition coefficient (Wildman–Crippen LogP) is 3.55. The molecule has 0 aromatic carbocycles. The number of alkyl halides is 1. The van der Waals surface area contributed by atoms with Crippen molar-refractivity contribution in [3.05, 3.63) is 23.1 Å². The molecule has 0 spiro atoms. The zero-order valence-corrected chi connectivity index (χ0v) is 16.1. The van der Waals surface area contributed by atoms with E-state index in [2.05, 4.69) is 49.3 Å². The molecule has 0 N–H and O–H groups in total. The van der Waals surface area contributed by atoms with Gasteiger partial charge in [0.15, 0.2) is 6.61 Å². The molecule has 0 fully saturated rings. The van der Waals surface area contributed by atoms with Crippen LogP contribution < -0.4 is 0 Å². The van der Waals surface area contributed by atoms with Crippen molar-refractivity contribution < 1.29 is 19.1 Å². The van der Waals surface area contributed by atoms with Crippen LogP contribution >= 0.6 is 15.9 Å².